The van der Waals surface area contributed by atoms with Gasteiger partial charge < -0.3 is 14.8 Å². The van der Waals surface area contributed by atoms with E-state index in [2.05, 4.69) is 5.32 Å². The zero-order valence-electron chi connectivity index (χ0n) is 14.2. The Labute approximate surface area is 146 Å². The summed E-state index contributed by atoms with van der Waals surface area (Å²) in [5, 5.41) is 5.02. The fourth-order valence-corrected chi connectivity index (χ4v) is 2.61. The lowest BCUT2D eigenvalue weighted by Gasteiger charge is -2.07. The molecular weight excluding hydrogens is 314 g/mol. The minimum absolute atomic E-state index is 0.196. The number of nitrogens with one attached hydrogen (secondary N) is 1. The van der Waals surface area contributed by atoms with Gasteiger partial charge in [-0.05, 0) is 35.2 Å². The number of hydrogen-bond acceptors (Lipinski definition) is 3. The molecule has 3 rings (SSSR count). The number of fused-ring (bicyclic) bond motifs is 1. The van der Waals surface area contributed by atoms with E-state index in [1.165, 1.54) is 6.08 Å². The number of ether oxygens (including phenoxy) is 2. The summed E-state index contributed by atoms with van der Waals surface area (Å²) in [6.45, 7) is 0. The molecule has 0 saturated heterocycles. The van der Waals surface area contributed by atoms with Gasteiger partial charge in [0.1, 0.15) is 11.5 Å². The van der Waals surface area contributed by atoms with Crippen LogP contribution in [-0.4, -0.2) is 20.1 Å². The van der Waals surface area contributed by atoms with Gasteiger partial charge in [0.15, 0.2) is 0 Å². The van der Waals surface area contributed by atoms with Crippen LogP contribution in [0, 0.1) is 0 Å². The van der Waals surface area contributed by atoms with Crippen molar-refractivity contribution in [1.29, 1.82) is 0 Å². The van der Waals surface area contributed by atoms with Gasteiger partial charge >= 0.3 is 0 Å². The van der Waals surface area contributed by atoms with Crippen LogP contribution in [-0.2, 0) is 4.79 Å². The van der Waals surface area contributed by atoms with Crippen molar-refractivity contribution in [3.8, 4) is 11.5 Å². The fraction of sp³-hybridized carbons (Fsp3) is 0.0952. The van der Waals surface area contributed by atoms with Crippen molar-refractivity contribution in [3.63, 3.8) is 0 Å². The molecule has 4 heteroatoms. The minimum Gasteiger partial charge on any atom is -0.497 e. The van der Waals surface area contributed by atoms with Crippen LogP contribution in [0.5, 0.6) is 11.5 Å². The minimum atomic E-state index is -0.196. The van der Waals surface area contributed by atoms with Gasteiger partial charge in [0, 0.05) is 23.2 Å². The Hall–Kier alpha value is -3.27. The first-order valence-electron chi connectivity index (χ1n) is 7.89. The molecule has 126 valence electrons. The molecule has 3 aromatic carbocycles. The van der Waals surface area contributed by atoms with Crippen LogP contribution in [0.25, 0.3) is 16.8 Å². The SMILES string of the molecule is COc1cc(/C=C/C(=O)Nc2cccc3ccccc23)cc(OC)c1. The van der Waals surface area contributed by atoms with Crippen molar-refractivity contribution < 1.29 is 14.3 Å². The number of anilines is 1. The average Bonchev–Trinajstić information content (AvgIpc) is 2.66. The van der Waals surface area contributed by atoms with Gasteiger partial charge in [-0.1, -0.05) is 36.4 Å². The molecule has 1 N–H and O–H groups in total. The number of benzene rings is 3. The molecule has 4 nitrogen and oxygen atoms in total. The Morgan fingerprint density at radius 3 is 2.32 bits per heavy atom. The summed E-state index contributed by atoms with van der Waals surface area (Å²) in [4.78, 5) is 12.3. The topological polar surface area (TPSA) is 47.6 Å². The Kier molecular flexibility index (Phi) is 5.00. The molecule has 0 heterocycles. The molecule has 0 saturated carbocycles. The molecule has 0 fully saturated rings. The highest BCUT2D eigenvalue weighted by atomic mass is 16.5. The highest BCUT2D eigenvalue weighted by molar-refractivity contribution is 6.07. The van der Waals surface area contributed by atoms with Crippen molar-refractivity contribution in [2.24, 2.45) is 0 Å². The van der Waals surface area contributed by atoms with E-state index < -0.39 is 0 Å². The second-order valence-electron chi connectivity index (χ2n) is 5.50. The van der Waals surface area contributed by atoms with Crippen molar-refractivity contribution >= 4 is 28.4 Å². The van der Waals surface area contributed by atoms with Crippen LogP contribution < -0.4 is 14.8 Å². The van der Waals surface area contributed by atoms with Gasteiger partial charge in [0.25, 0.3) is 0 Å². The van der Waals surface area contributed by atoms with Crippen LogP contribution in [0.1, 0.15) is 5.56 Å². The highest BCUT2D eigenvalue weighted by Gasteiger charge is 2.04. The number of carbonyl (C=O) groups excluding carboxylic acids is 1. The zero-order valence-corrected chi connectivity index (χ0v) is 14.2. The van der Waals surface area contributed by atoms with E-state index in [0.29, 0.717) is 11.5 Å². The molecule has 0 aliphatic carbocycles. The van der Waals surface area contributed by atoms with Crippen molar-refractivity contribution in [1.82, 2.24) is 0 Å². The number of rotatable bonds is 5. The standard InChI is InChI=1S/C21H19NO3/c1-24-17-12-15(13-18(14-17)25-2)10-11-21(23)22-20-9-5-7-16-6-3-4-8-19(16)20/h3-14H,1-2H3,(H,22,23)/b11-10+. The molecule has 0 aliphatic heterocycles. The Morgan fingerprint density at radius 2 is 1.60 bits per heavy atom. The molecular formula is C21H19NO3. The smallest absolute Gasteiger partial charge is 0.248 e. The van der Waals surface area contributed by atoms with Crippen molar-refractivity contribution in [3.05, 3.63) is 72.3 Å². The molecule has 3 aromatic rings. The normalized spacial score (nSPS) is 10.8. The molecule has 25 heavy (non-hydrogen) atoms. The van der Waals surface area contributed by atoms with E-state index in [1.54, 1.807) is 26.4 Å². The Balaban J connectivity index is 1.79. The molecule has 0 unspecified atom stereocenters. The molecule has 0 bridgehead atoms. The third-order valence-electron chi connectivity index (χ3n) is 3.85. The van der Waals surface area contributed by atoms with E-state index in [1.807, 2.05) is 54.6 Å². The molecule has 0 radical (unpaired) electrons. The zero-order chi connectivity index (χ0) is 17.6. The fourth-order valence-electron chi connectivity index (χ4n) is 2.61. The first-order valence-corrected chi connectivity index (χ1v) is 7.89. The largest absolute Gasteiger partial charge is 0.497 e. The quantitative estimate of drug-likeness (QED) is 0.699. The second kappa shape index (κ2) is 7.53. The Bertz CT molecular complexity index is 904. The Morgan fingerprint density at radius 1 is 0.920 bits per heavy atom. The number of carbonyl (C=O) groups is 1. The maximum absolute atomic E-state index is 12.3. The first-order chi connectivity index (χ1) is 12.2. The average molecular weight is 333 g/mol. The van der Waals surface area contributed by atoms with Crippen LogP contribution in [0.3, 0.4) is 0 Å². The molecule has 0 aromatic heterocycles. The summed E-state index contributed by atoms with van der Waals surface area (Å²) in [6.07, 6.45) is 3.22. The summed E-state index contributed by atoms with van der Waals surface area (Å²) in [5.74, 6) is 1.15. The lowest BCUT2D eigenvalue weighted by atomic mass is 10.1. The first kappa shape index (κ1) is 16.6. The number of hydrogen-bond donors (Lipinski definition) is 1. The van der Waals surface area contributed by atoms with Crippen LogP contribution >= 0.6 is 0 Å². The number of methoxy groups -OCH3 is 2. The predicted molar refractivity (Wildman–Crippen MR) is 101 cm³/mol. The third kappa shape index (κ3) is 3.98. The van der Waals surface area contributed by atoms with Crippen molar-refractivity contribution in [2.75, 3.05) is 19.5 Å². The summed E-state index contributed by atoms with van der Waals surface area (Å²) < 4.78 is 10.5. The maximum Gasteiger partial charge on any atom is 0.248 e. The number of amides is 1. The van der Waals surface area contributed by atoms with Crippen LogP contribution in [0.2, 0.25) is 0 Å². The van der Waals surface area contributed by atoms with E-state index in [9.17, 15) is 4.79 Å². The highest BCUT2D eigenvalue weighted by Crippen LogP contribution is 2.24. The van der Waals surface area contributed by atoms with Gasteiger partial charge in [-0.2, -0.15) is 0 Å². The third-order valence-corrected chi connectivity index (χ3v) is 3.85. The summed E-state index contributed by atoms with van der Waals surface area (Å²) in [7, 11) is 3.19. The van der Waals surface area contributed by atoms with Gasteiger partial charge in [0.05, 0.1) is 14.2 Å². The van der Waals surface area contributed by atoms with E-state index >= 15 is 0 Å². The van der Waals surface area contributed by atoms with Gasteiger partial charge in [-0.3, -0.25) is 4.79 Å². The van der Waals surface area contributed by atoms with Gasteiger partial charge in [-0.25, -0.2) is 0 Å². The second-order valence-corrected chi connectivity index (χ2v) is 5.50. The van der Waals surface area contributed by atoms with Gasteiger partial charge in [-0.15, -0.1) is 0 Å². The summed E-state index contributed by atoms with van der Waals surface area (Å²) in [5.41, 5.74) is 1.61. The maximum atomic E-state index is 12.3. The van der Waals surface area contributed by atoms with E-state index in [4.69, 9.17) is 9.47 Å². The lowest BCUT2D eigenvalue weighted by molar-refractivity contribution is -0.111. The molecule has 0 aliphatic rings. The monoisotopic (exact) mass is 333 g/mol. The molecule has 0 atom stereocenters. The molecule has 0 spiro atoms. The van der Waals surface area contributed by atoms with E-state index in [0.717, 1.165) is 22.0 Å². The van der Waals surface area contributed by atoms with Gasteiger partial charge in [0.2, 0.25) is 5.91 Å². The van der Waals surface area contributed by atoms with Crippen molar-refractivity contribution in [2.45, 2.75) is 0 Å². The lowest BCUT2D eigenvalue weighted by Crippen LogP contribution is -2.08. The van der Waals surface area contributed by atoms with Crippen LogP contribution in [0.15, 0.2) is 66.7 Å². The molecule has 1 amide bonds. The van der Waals surface area contributed by atoms with Crippen LogP contribution in [0.4, 0.5) is 5.69 Å². The summed E-state index contributed by atoms with van der Waals surface area (Å²) >= 11 is 0. The predicted octanol–water partition coefficient (Wildman–Crippen LogP) is 4.51. The van der Waals surface area contributed by atoms with E-state index in [-0.39, 0.29) is 5.91 Å². The summed E-state index contributed by atoms with van der Waals surface area (Å²) in [6, 6.07) is 19.2.